The molecule has 152 valence electrons. The molecule has 5 nitrogen and oxygen atoms in total. The number of ether oxygens (including phenoxy) is 1. The molecule has 0 aromatic heterocycles. The summed E-state index contributed by atoms with van der Waals surface area (Å²) in [6.07, 6.45) is 3.39. The molecule has 3 fully saturated rings. The van der Waals surface area contributed by atoms with Gasteiger partial charge in [0.25, 0.3) is 0 Å². The summed E-state index contributed by atoms with van der Waals surface area (Å²) in [4.78, 5) is 26.2. The first-order valence-corrected chi connectivity index (χ1v) is 10.5. The lowest BCUT2D eigenvalue weighted by Crippen LogP contribution is -2.66. The van der Waals surface area contributed by atoms with Gasteiger partial charge in [-0.05, 0) is 55.6 Å². The van der Waals surface area contributed by atoms with Crippen molar-refractivity contribution in [2.45, 2.75) is 63.8 Å². The van der Waals surface area contributed by atoms with Gasteiger partial charge in [-0.15, -0.1) is 0 Å². The maximum absolute atomic E-state index is 12.7. The second kappa shape index (κ2) is 6.78. The van der Waals surface area contributed by atoms with Crippen molar-refractivity contribution in [2.24, 2.45) is 11.3 Å². The van der Waals surface area contributed by atoms with Gasteiger partial charge in [0.15, 0.2) is 0 Å². The number of carbonyl (C=O) groups excluding carboxylic acids is 2. The SMILES string of the molecule is COC(=O)N[C@]1(C)C[C@H](C(=O)N2CC3(CC(c4cccc(C(C)C)c4)C3)C2)C1. The number of rotatable bonds is 4. The van der Waals surface area contributed by atoms with Crippen LogP contribution in [0.2, 0.25) is 0 Å². The summed E-state index contributed by atoms with van der Waals surface area (Å²) >= 11 is 0. The van der Waals surface area contributed by atoms with E-state index in [-0.39, 0.29) is 17.4 Å². The molecule has 4 rings (SSSR count). The number of benzene rings is 1. The Morgan fingerprint density at radius 1 is 1.18 bits per heavy atom. The van der Waals surface area contributed by atoms with Crippen molar-refractivity contribution in [3.05, 3.63) is 35.4 Å². The van der Waals surface area contributed by atoms with E-state index < -0.39 is 6.09 Å². The monoisotopic (exact) mass is 384 g/mol. The number of amides is 2. The molecular weight excluding hydrogens is 352 g/mol. The molecule has 28 heavy (non-hydrogen) atoms. The zero-order valence-electron chi connectivity index (χ0n) is 17.5. The zero-order valence-corrected chi connectivity index (χ0v) is 17.5. The van der Waals surface area contributed by atoms with Crippen LogP contribution in [0.5, 0.6) is 0 Å². The number of nitrogens with one attached hydrogen (secondary N) is 1. The van der Waals surface area contributed by atoms with Gasteiger partial charge in [0, 0.05) is 30.0 Å². The fourth-order valence-electron chi connectivity index (χ4n) is 5.43. The third-order valence-electron chi connectivity index (χ3n) is 7.10. The Bertz CT molecular complexity index is 768. The summed E-state index contributed by atoms with van der Waals surface area (Å²) in [5.74, 6) is 1.51. The maximum Gasteiger partial charge on any atom is 0.407 e. The lowest BCUT2D eigenvalue weighted by Gasteiger charge is -2.60. The normalized spacial score (nSPS) is 28.3. The first-order chi connectivity index (χ1) is 13.2. The van der Waals surface area contributed by atoms with Crippen LogP contribution in [-0.4, -0.2) is 42.6 Å². The predicted octanol–water partition coefficient (Wildman–Crippen LogP) is 4.04. The van der Waals surface area contributed by atoms with Gasteiger partial charge in [-0.2, -0.15) is 0 Å². The zero-order chi connectivity index (χ0) is 20.1. The number of hydrogen-bond donors (Lipinski definition) is 1. The van der Waals surface area contributed by atoms with Crippen molar-refractivity contribution < 1.29 is 14.3 Å². The highest BCUT2D eigenvalue weighted by Gasteiger charge is 2.56. The van der Waals surface area contributed by atoms with E-state index in [0.717, 1.165) is 13.1 Å². The van der Waals surface area contributed by atoms with E-state index in [1.807, 2.05) is 11.8 Å². The Kier molecular flexibility index (Phi) is 4.67. The van der Waals surface area contributed by atoms with Gasteiger partial charge in [-0.3, -0.25) is 4.79 Å². The molecule has 1 aromatic rings. The number of hydrogen-bond acceptors (Lipinski definition) is 3. The second-order valence-corrected chi connectivity index (χ2v) is 9.91. The molecule has 0 bridgehead atoms. The van der Waals surface area contributed by atoms with Crippen molar-refractivity contribution in [1.82, 2.24) is 10.2 Å². The highest BCUT2D eigenvalue weighted by Crippen LogP contribution is 2.57. The first kappa shape index (κ1) is 19.3. The van der Waals surface area contributed by atoms with Crippen molar-refractivity contribution in [1.29, 1.82) is 0 Å². The molecule has 1 saturated heterocycles. The van der Waals surface area contributed by atoms with E-state index in [1.54, 1.807) is 0 Å². The van der Waals surface area contributed by atoms with Crippen LogP contribution < -0.4 is 5.32 Å². The molecule has 2 aliphatic carbocycles. The average molecular weight is 385 g/mol. The molecule has 0 unspecified atom stereocenters. The Morgan fingerprint density at radius 3 is 2.46 bits per heavy atom. The highest BCUT2D eigenvalue weighted by atomic mass is 16.5. The van der Waals surface area contributed by atoms with E-state index in [2.05, 4.69) is 48.2 Å². The lowest BCUT2D eigenvalue weighted by molar-refractivity contribution is -0.161. The van der Waals surface area contributed by atoms with E-state index in [1.165, 1.54) is 31.1 Å². The fourth-order valence-corrected chi connectivity index (χ4v) is 5.43. The third kappa shape index (κ3) is 3.40. The van der Waals surface area contributed by atoms with Crippen LogP contribution in [-0.2, 0) is 9.53 Å². The van der Waals surface area contributed by atoms with Crippen molar-refractivity contribution in [3.8, 4) is 0 Å². The largest absolute Gasteiger partial charge is 0.453 e. The predicted molar refractivity (Wildman–Crippen MR) is 108 cm³/mol. The third-order valence-corrected chi connectivity index (χ3v) is 7.10. The summed E-state index contributed by atoms with van der Waals surface area (Å²) in [5.41, 5.74) is 2.92. The maximum atomic E-state index is 12.7. The van der Waals surface area contributed by atoms with Crippen LogP contribution in [0.1, 0.15) is 69.4 Å². The Labute approximate surface area is 167 Å². The standard InChI is InChI=1S/C23H32N2O3/c1-15(2)16-6-5-7-17(8-16)18-11-23(12-18)13-25(14-23)20(26)19-9-22(3,10-19)24-21(27)28-4/h5-8,15,18-19H,9-14H2,1-4H3,(H,24,27)/t19-,22+. The fraction of sp³-hybridized carbons (Fsp3) is 0.652. The average Bonchev–Trinajstić information content (AvgIpc) is 2.57. The summed E-state index contributed by atoms with van der Waals surface area (Å²) < 4.78 is 4.67. The van der Waals surface area contributed by atoms with Gasteiger partial charge in [0.2, 0.25) is 5.91 Å². The van der Waals surface area contributed by atoms with E-state index in [9.17, 15) is 9.59 Å². The lowest BCUT2D eigenvalue weighted by atomic mass is 9.55. The van der Waals surface area contributed by atoms with E-state index in [0.29, 0.717) is 30.1 Å². The molecular formula is C23H32N2O3. The van der Waals surface area contributed by atoms with Gasteiger partial charge >= 0.3 is 6.09 Å². The quantitative estimate of drug-likeness (QED) is 0.852. The minimum atomic E-state index is -0.418. The molecule has 1 heterocycles. The topological polar surface area (TPSA) is 58.6 Å². The molecule has 1 aliphatic heterocycles. The van der Waals surface area contributed by atoms with Gasteiger partial charge < -0.3 is 15.0 Å². The van der Waals surface area contributed by atoms with Crippen molar-refractivity contribution in [2.75, 3.05) is 20.2 Å². The number of methoxy groups -OCH3 is 1. The van der Waals surface area contributed by atoms with Gasteiger partial charge in [-0.25, -0.2) is 4.79 Å². The Morgan fingerprint density at radius 2 is 1.86 bits per heavy atom. The van der Waals surface area contributed by atoms with Crippen LogP contribution in [0.25, 0.3) is 0 Å². The molecule has 0 atom stereocenters. The minimum absolute atomic E-state index is 0.0399. The molecule has 5 heteroatoms. The van der Waals surface area contributed by atoms with Gasteiger partial charge in [0.1, 0.15) is 0 Å². The number of alkyl carbamates (subject to hydrolysis) is 1. The van der Waals surface area contributed by atoms with Crippen molar-refractivity contribution >= 4 is 12.0 Å². The summed E-state index contributed by atoms with van der Waals surface area (Å²) in [7, 11) is 1.37. The Balaban J connectivity index is 1.24. The van der Waals surface area contributed by atoms with Gasteiger partial charge in [-0.1, -0.05) is 38.1 Å². The molecule has 3 aliphatic rings. The molecule has 1 aromatic carbocycles. The number of carbonyl (C=O) groups is 2. The number of likely N-dealkylation sites (tertiary alicyclic amines) is 1. The molecule has 2 saturated carbocycles. The van der Waals surface area contributed by atoms with Crippen LogP contribution in [0, 0.1) is 11.3 Å². The number of nitrogens with zero attached hydrogens (tertiary/aromatic N) is 1. The summed E-state index contributed by atoms with van der Waals surface area (Å²) in [6, 6.07) is 9.03. The molecule has 1 spiro atoms. The summed E-state index contributed by atoms with van der Waals surface area (Å²) in [5, 5.41) is 2.85. The smallest absolute Gasteiger partial charge is 0.407 e. The first-order valence-electron chi connectivity index (χ1n) is 10.5. The minimum Gasteiger partial charge on any atom is -0.453 e. The molecule has 2 amide bonds. The van der Waals surface area contributed by atoms with E-state index >= 15 is 0 Å². The summed E-state index contributed by atoms with van der Waals surface area (Å²) in [6.45, 7) is 8.27. The molecule has 0 radical (unpaired) electrons. The van der Waals surface area contributed by atoms with E-state index in [4.69, 9.17) is 0 Å². The van der Waals surface area contributed by atoms with Gasteiger partial charge in [0.05, 0.1) is 7.11 Å². The van der Waals surface area contributed by atoms with Crippen LogP contribution in [0.15, 0.2) is 24.3 Å². The van der Waals surface area contributed by atoms with Crippen LogP contribution >= 0.6 is 0 Å². The Hall–Kier alpha value is -2.04. The van der Waals surface area contributed by atoms with Crippen LogP contribution in [0.3, 0.4) is 0 Å². The van der Waals surface area contributed by atoms with Crippen LogP contribution in [0.4, 0.5) is 4.79 Å². The molecule has 1 N–H and O–H groups in total. The second-order valence-electron chi connectivity index (χ2n) is 9.91. The highest BCUT2D eigenvalue weighted by molar-refractivity contribution is 5.82. The van der Waals surface area contributed by atoms with Crippen molar-refractivity contribution in [3.63, 3.8) is 0 Å².